The summed E-state index contributed by atoms with van der Waals surface area (Å²) in [7, 11) is 0. The molecule has 9 aromatic carbocycles. The standard InChI is InChI=1S/C55H38N2/c1-4-17-39(18-5-1)41-31-35-44(36-32-41)56(45-37-33-42(34-38-45)40-19-6-2-7-20-40)53-30-16-24-47-46-23-10-11-25-48(46)55(54(47)53)49-26-12-14-28-51(49)57(43-21-8-3-9-22-43)52-29-15-13-27-50(52)55/h1-38H. The zero-order valence-electron chi connectivity index (χ0n) is 31.3. The molecule has 2 aliphatic rings. The van der Waals surface area contributed by atoms with Gasteiger partial charge in [0.25, 0.3) is 0 Å². The SMILES string of the molecule is c1ccc(-c2ccc(N(c3ccc(-c4ccccc4)cc3)c3cccc4c3C3(c5ccccc5-4)c4ccccc4N(c4ccccc4)c4ccccc43)cc2)cc1. The first-order valence-corrected chi connectivity index (χ1v) is 19.7. The minimum atomic E-state index is -0.604. The molecule has 0 amide bonds. The van der Waals surface area contributed by atoms with Crippen LogP contribution in [0.4, 0.5) is 34.1 Å². The number of rotatable bonds is 6. The maximum Gasteiger partial charge on any atom is 0.0774 e. The largest absolute Gasteiger partial charge is 0.310 e. The van der Waals surface area contributed by atoms with Crippen LogP contribution < -0.4 is 9.80 Å². The lowest BCUT2D eigenvalue weighted by Crippen LogP contribution is -2.37. The molecule has 1 aliphatic carbocycles. The van der Waals surface area contributed by atoms with Crippen LogP contribution in [0, 0.1) is 0 Å². The fraction of sp³-hybridized carbons (Fsp3) is 0.0182. The Morgan fingerprint density at radius 3 is 1.28 bits per heavy atom. The molecule has 0 bridgehead atoms. The average Bonchev–Trinajstić information content (AvgIpc) is 3.59. The van der Waals surface area contributed by atoms with Crippen molar-refractivity contribution in [3.05, 3.63) is 253 Å². The number of fused-ring (bicyclic) bond motifs is 9. The van der Waals surface area contributed by atoms with Gasteiger partial charge in [-0.25, -0.2) is 0 Å². The lowest BCUT2D eigenvalue weighted by atomic mass is 9.64. The van der Waals surface area contributed by atoms with Crippen LogP contribution in [0.2, 0.25) is 0 Å². The van der Waals surface area contributed by atoms with E-state index in [0.717, 1.165) is 22.7 Å². The summed E-state index contributed by atoms with van der Waals surface area (Å²) in [6.07, 6.45) is 0. The molecule has 9 aromatic rings. The third-order valence-electron chi connectivity index (χ3n) is 11.9. The first kappa shape index (κ1) is 33.0. The number of hydrogen-bond acceptors (Lipinski definition) is 2. The first-order chi connectivity index (χ1) is 28.3. The van der Waals surface area contributed by atoms with Crippen LogP contribution in [0.1, 0.15) is 22.3 Å². The van der Waals surface area contributed by atoms with E-state index in [1.165, 1.54) is 67.0 Å². The number of anilines is 6. The summed E-state index contributed by atoms with van der Waals surface area (Å²) in [4.78, 5) is 4.92. The first-order valence-electron chi connectivity index (χ1n) is 19.7. The van der Waals surface area contributed by atoms with E-state index in [-0.39, 0.29) is 0 Å². The monoisotopic (exact) mass is 726 g/mol. The minimum absolute atomic E-state index is 0.604. The molecule has 57 heavy (non-hydrogen) atoms. The van der Waals surface area contributed by atoms with E-state index >= 15 is 0 Å². The molecule has 0 atom stereocenters. The maximum atomic E-state index is 2.48. The average molecular weight is 727 g/mol. The molecule has 0 fully saturated rings. The fourth-order valence-electron chi connectivity index (χ4n) is 9.48. The maximum absolute atomic E-state index is 2.48. The summed E-state index contributed by atoms with van der Waals surface area (Å²) in [5.74, 6) is 0. The van der Waals surface area contributed by atoms with Crippen LogP contribution in [-0.4, -0.2) is 0 Å². The van der Waals surface area contributed by atoms with Crippen LogP contribution in [0.5, 0.6) is 0 Å². The Bertz CT molecular complexity index is 2750. The van der Waals surface area contributed by atoms with Crippen LogP contribution in [0.25, 0.3) is 33.4 Å². The highest BCUT2D eigenvalue weighted by atomic mass is 15.2. The summed E-state index contributed by atoms with van der Waals surface area (Å²) < 4.78 is 0. The van der Waals surface area contributed by atoms with Crippen molar-refractivity contribution in [2.24, 2.45) is 0 Å². The van der Waals surface area contributed by atoms with Crippen molar-refractivity contribution in [2.45, 2.75) is 5.41 Å². The Labute approximate surface area is 334 Å². The van der Waals surface area contributed by atoms with Gasteiger partial charge in [-0.15, -0.1) is 0 Å². The van der Waals surface area contributed by atoms with Gasteiger partial charge in [-0.1, -0.05) is 176 Å². The summed E-state index contributed by atoms with van der Waals surface area (Å²) in [5, 5.41) is 0. The lowest BCUT2D eigenvalue weighted by molar-refractivity contribution is 0.752. The van der Waals surface area contributed by atoms with Gasteiger partial charge >= 0.3 is 0 Å². The third-order valence-corrected chi connectivity index (χ3v) is 11.9. The van der Waals surface area contributed by atoms with Crippen LogP contribution in [0.15, 0.2) is 231 Å². The van der Waals surface area contributed by atoms with Crippen molar-refractivity contribution in [1.29, 1.82) is 0 Å². The number of nitrogens with zero attached hydrogens (tertiary/aromatic N) is 2. The highest BCUT2D eigenvalue weighted by Gasteiger charge is 2.53. The zero-order chi connectivity index (χ0) is 37.8. The quantitative estimate of drug-likeness (QED) is 0.168. The third kappa shape index (κ3) is 5.11. The lowest BCUT2D eigenvalue weighted by Gasteiger charge is -2.46. The molecule has 0 N–H and O–H groups in total. The van der Waals surface area contributed by atoms with E-state index in [2.05, 4.69) is 240 Å². The predicted molar refractivity (Wildman–Crippen MR) is 238 cm³/mol. The van der Waals surface area contributed by atoms with Crippen molar-refractivity contribution in [1.82, 2.24) is 0 Å². The molecule has 1 heterocycles. The molecule has 0 aromatic heterocycles. The highest BCUT2D eigenvalue weighted by Crippen LogP contribution is 2.65. The number of benzene rings is 9. The topological polar surface area (TPSA) is 6.48 Å². The van der Waals surface area contributed by atoms with E-state index in [9.17, 15) is 0 Å². The summed E-state index contributed by atoms with van der Waals surface area (Å²) in [5.41, 5.74) is 18.7. The molecule has 1 aliphatic heterocycles. The van der Waals surface area contributed by atoms with Crippen LogP contribution >= 0.6 is 0 Å². The van der Waals surface area contributed by atoms with Crippen molar-refractivity contribution in [3.8, 4) is 33.4 Å². The molecule has 0 saturated heterocycles. The van der Waals surface area contributed by atoms with E-state index in [0.29, 0.717) is 0 Å². The molecule has 268 valence electrons. The van der Waals surface area contributed by atoms with Crippen molar-refractivity contribution < 1.29 is 0 Å². The smallest absolute Gasteiger partial charge is 0.0774 e. The second-order valence-electron chi connectivity index (χ2n) is 14.9. The molecule has 0 unspecified atom stereocenters. The van der Waals surface area contributed by atoms with E-state index in [1.54, 1.807) is 0 Å². The minimum Gasteiger partial charge on any atom is -0.310 e. The fourth-order valence-corrected chi connectivity index (χ4v) is 9.48. The summed E-state index contributed by atoms with van der Waals surface area (Å²) in [6, 6.07) is 84.3. The molecule has 2 heteroatoms. The number of para-hydroxylation sites is 3. The van der Waals surface area contributed by atoms with Crippen molar-refractivity contribution in [2.75, 3.05) is 9.80 Å². The second kappa shape index (κ2) is 13.4. The van der Waals surface area contributed by atoms with Gasteiger partial charge in [0, 0.05) is 22.6 Å². The van der Waals surface area contributed by atoms with Crippen LogP contribution in [-0.2, 0) is 5.41 Å². The Morgan fingerprint density at radius 1 is 0.316 bits per heavy atom. The van der Waals surface area contributed by atoms with Gasteiger partial charge in [-0.3, -0.25) is 0 Å². The molecular formula is C55H38N2. The van der Waals surface area contributed by atoms with Gasteiger partial charge in [0.1, 0.15) is 0 Å². The van der Waals surface area contributed by atoms with Gasteiger partial charge in [0.15, 0.2) is 0 Å². The normalized spacial score (nSPS) is 13.0. The molecule has 0 radical (unpaired) electrons. The summed E-state index contributed by atoms with van der Waals surface area (Å²) in [6.45, 7) is 0. The molecule has 2 nitrogen and oxygen atoms in total. The van der Waals surface area contributed by atoms with Crippen molar-refractivity contribution in [3.63, 3.8) is 0 Å². The molecular weight excluding hydrogens is 689 g/mol. The van der Waals surface area contributed by atoms with E-state index in [4.69, 9.17) is 0 Å². The molecule has 1 spiro atoms. The van der Waals surface area contributed by atoms with Gasteiger partial charge in [0.2, 0.25) is 0 Å². The Morgan fingerprint density at radius 2 is 0.737 bits per heavy atom. The number of hydrogen-bond donors (Lipinski definition) is 0. The van der Waals surface area contributed by atoms with Crippen molar-refractivity contribution >= 4 is 34.1 Å². The second-order valence-corrected chi connectivity index (χ2v) is 14.9. The Balaban J connectivity index is 1.20. The highest BCUT2D eigenvalue weighted by molar-refractivity contribution is 6.00. The predicted octanol–water partition coefficient (Wildman–Crippen LogP) is 14.6. The van der Waals surface area contributed by atoms with Crippen LogP contribution in [0.3, 0.4) is 0 Å². The van der Waals surface area contributed by atoms with Gasteiger partial charge in [0.05, 0.1) is 22.5 Å². The molecule has 0 saturated carbocycles. The Kier molecular flexibility index (Phi) is 7.75. The van der Waals surface area contributed by atoms with E-state index in [1.807, 2.05) is 0 Å². The zero-order valence-corrected chi connectivity index (χ0v) is 31.3. The Hall–Kier alpha value is -7.42. The van der Waals surface area contributed by atoms with Gasteiger partial charge < -0.3 is 9.80 Å². The van der Waals surface area contributed by atoms with Gasteiger partial charge in [-0.05, 0) is 105 Å². The van der Waals surface area contributed by atoms with E-state index < -0.39 is 5.41 Å². The summed E-state index contributed by atoms with van der Waals surface area (Å²) >= 11 is 0. The van der Waals surface area contributed by atoms with Gasteiger partial charge in [-0.2, -0.15) is 0 Å². The molecule has 11 rings (SSSR count).